The minimum Gasteiger partial charge on any atom is -0.394 e. The van der Waals surface area contributed by atoms with E-state index in [9.17, 15) is 18.3 Å². The van der Waals surface area contributed by atoms with Crippen molar-refractivity contribution in [2.45, 2.75) is 50.7 Å². The fourth-order valence-electron chi connectivity index (χ4n) is 5.48. The number of hydrogen-bond donors (Lipinski definition) is 3. The first-order valence-electron chi connectivity index (χ1n) is 12.6. The van der Waals surface area contributed by atoms with Crippen molar-refractivity contribution in [1.82, 2.24) is 19.5 Å². The zero-order valence-electron chi connectivity index (χ0n) is 21.3. The zero-order chi connectivity index (χ0) is 27.2. The SMILES string of the molecule is Cc1cn2nc([C@@H]3CCCCN3C(=O)c3cc(Cl)ccc3NS(C)(=O)=O)cc2nc1N1C[C@@H](N)C[C@H]1CO. The predicted molar refractivity (Wildman–Crippen MR) is 146 cm³/mol. The molecule has 1 aromatic carbocycles. The monoisotopic (exact) mass is 561 g/mol. The molecular formula is C25H32ClN7O4S. The van der Waals surface area contributed by atoms with Crippen molar-refractivity contribution in [1.29, 1.82) is 0 Å². The van der Waals surface area contributed by atoms with Crippen LogP contribution in [-0.2, 0) is 10.0 Å². The number of aryl methyl sites for hydroxylation is 1. The first-order valence-corrected chi connectivity index (χ1v) is 14.9. The molecule has 0 unspecified atom stereocenters. The second kappa shape index (κ2) is 10.3. The lowest BCUT2D eigenvalue weighted by atomic mass is 9.98. The summed E-state index contributed by atoms with van der Waals surface area (Å²) in [5.74, 6) is 0.449. The Morgan fingerprint density at radius 2 is 2.08 bits per heavy atom. The lowest BCUT2D eigenvalue weighted by Gasteiger charge is -2.35. The van der Waals surface area contributed by atoms with Gasteiger partial charge in [-0.15, -0.1) is 0 Å². The summed E-state index contributed by atoms with van der Waals surface area (Å²) in [6.45, 7) is 3.07. The van der Waals surface area contributed by atoms with E-state index in [0.717, 1.165) is 30.5 Å². The Morgan fingerprint density at radius 1 is 1.29 bits per heavy atom. The number of piperidine rings is 1. The van der Waals surface area contributed by atoms with Gasteiger partial charge in [0.15, 0.2) is 5.65 Å². The Kier molecular flexibility index (Phi) is 7.25. The molecule has 2 saturated heterocycles. The maximum absolute atomic E-state index is 13.8. The molecule has 4 N–H and O–H groups in total. The summed E-state index contributed by atoms with van der Waals surface area (Å²) in [4.78, 5) is 22.4. The molecule has 38 heavy (non-hydrogen) atoms. The van der Waals surface area contributed by atoms with Gasteiger partial charge in [0.25, 0.3) is 5.91 Å². The van der Waals surface area contributed by atoms with Crippen LogP contribution in [-0.4, -0.2) is 77.0 Å². The van der Waals surface area contributed by atoms with Gasteiger partial charge in [-0.1, -0.05) is 11.6 Å². The fourth-order valence-corrected chi connectivity index (χ4v) is 6.23. The number of benzene rings is 1. The van der Waals surface area contributed by atoms with E-state index in [1.165, 1.54) is 12.1 Å². The molecule has 0 bridgehead atoms. The summed E-state index contributed by atoms with van der Waals surface area (Å²) < 4.78 is 28.0. The van der Waals surface area contributed by atoms with E-state index in [2.05, 4.69) is 9.62 Å². The third-order valence-electron chi connectivity index (χ3n) is 7.17. The van der Waals surface area contributed by atoms with Gasteiger partial charge in [0, 0.05) is 42.0 Å². The summed E-state index contributed by atoms with van der Waals surface area (Å²) in [5.41, 5.74) is 8.79. The maximum Gasteiger partial charge on any atom is 0.256 e. The first-order chi connectivity index (χ1) is 18.0. The van der Waals surface area contributed by atoms with E-state index in [0.29, 0.717) is 42.3 Å². The number of likely N-dealkylation sites (tertiary alicyclic amines) is 1. The van der Waals surface area contributed by atoms with Crippen LogP contribution in [0.5, 0.6) is 0 Å². The van der Waals surface area contributed by atoms with Gasteiger partial charge in [-0.3, -0.25) is 9.52 Å². The number of hydrogen-bond acceptors (Lipinski definition) is 8. The largest absolute Gasteiger partial charge is 0.394 e. The average Bonchev–Trinajstić information content (AvgIpc) is 3.45. The van der Waals surface area contributed by atoms with Gasteiger partial charge < -0.3 is 20.6 Å². The molecule has 2 aromatic heterocycles. The van der Waals surface area contributed by atoms with Crippen LogP contribution in [0.1, 0.15) is 53.3 Å². The molecule has 11 nitrogen and oxygen atoms in total. The number of nitrogens with zero attached hydrogens (tertiary/aromatic N) is 5. The lowest BCUT2D eigenvalue weighted by molar-refractivity contribution is 0.0607. The van der Waals surface area contributed by atoms with Crippen LogP contribution in [0.25, 0.3) is 5.65 Å². The highest BCUT2D eigenvalue weighted by Gasteiger charge is 2.34. The molecule has 4 heterocycles. The highest BCUT2D eigenvalue weighted by Crippen LogP contribution is 2.35. The van der Waals surface area contributed by atoms with Crippen molar-refractivity contribution >= 4 is 44.7 Å². The summed E-state index contributed by atoms with van der Waals surface area (Å²) >= 11 is 6.19. The number of carbonyl (C=O) groups is 1. The number of sulfonamides is 1. The summed E-state index contributed by atoms with van der Waals surface area (Å²) in [6.07, 6.45) is 6.10. The van der Waals surface area contributed by atoms with Crippen LogP contribution in [0.4, 0.5) is 11.5 Å². The van der Waals surface area contributed by atoms with Gasteiger partial charge >= 0.3 is 0 Å². The highest BCUT2D eigenvalue weighted by atomic mass is 35.5. The second-order valence-corrected chi connectivity index (χ2v) is 12.4. The van der Waals surface area contributed by atoms with E-state index in [1.54, 1.807) is 15.5 Å². The smallest absolute Gasteiger partial charge is 0.256 e. The lowest BCUT2D eigenvalue weighted by Crippen LogP contribution is -2.39. The van der Waals surface area contributed by atoms with E-state index in [4.69, 9.17) is 27.4 Å². The van der Waals surface area contributed by atoms with Crippen molar-refractivity contribution in [3.05, 3.63) is 52.3 Å². The molecule has 0 aliphatic carbocycles. The standard InChI is InChI=1S/C25H32ClN7O4S/c1-15-12-33-23(28-24(15)32-13-17(27)10-18(32)14-34)11-21(29-33)22-5-3-4-8-31(22)25(35)19-9-16(26)6-7-20(19)30-38(2,36)37/h6-7,9,11-12,17-18,22,30,34H,3-5,8,10,13-14,27H2,1-2H3/t17-,18-,22-/m0/s1. The molecule has 2 aliphatic heterocycles. The highest BCUT2D eigenvalue weighted by molar-refractivity contribution is 7.92. The van der Waals surface area contributed by atoms with Gasteiger partial charge in [-0.25, -0.2) is 17.9 Å². The molecule has 5 rings (SSSR count). The Balaban J connectivity index is 1.49. The van der Waals surface area contributed by atoms with E-state index in [1.807, 2.05) is 19.2 Å². The van der Waals surface area contributed by atoms with Crippen molar-refractivity contribution in [2.75, 3.05) is 35.6 Å². The number of aliphatic hydroxyl groups excluding tert-OH is 1. The molecule has 13 heteroatoms. The zero-order valence-corrected chi connectivity index (χ0v) is 22.9. The van der Waals surface area contributed by atoms with Gasteiger partial charge in [-0.2, -0.15) is 5.10 Å². The summed E-state index contributed by atoms with van der Waals surface area (Å²) in [6, 6.07) is 6.00. The number of rotatable bonds is 6. The van der Waals surface area contributed by atoms with Crippen molar-refractivity contribution in [3.63, 3.8) is 0 Å². The molecule has 0 saturated carbocycles. The number of nitrogens with two attached hydrogens (primary N) is 1. The van der Waals surface area contributed by atoms with E-state index >= 15 is 0 Å². The molecule has 0 spiro atoms. The number of nitrogens with one attached hydrogen (secondary N) is 1. The van der Waals surface area contributed by atoms with Crippen LogP contribution in [0.15, 0.2) is 30.5 Å². The van der Waals surface area contributed by atoms with Gasteiger partial charge in [-0.05, 0) is 50.8 Å². The Hall–Kier alpha value is -2.93. The number of fused-ring (bicyclic) bond motifs is 1. The van der Waals surface area contributed by atoms with E-state index in [-0.39, 0.29) is 41.9 Å². The second-order valence-electron chi connectivity index (χ2n) is 10.2. The topological polar surface area (TPSA) is 146 Å². The number of carbonyl (C=O) groups excluding carboxylic acids is 1. The van der Waals surface area contributed by atoms with Crippen LogP contribution in [0, 0.1) is 6.92 Å². The van der Waals surface area contributed by atoms with Crippen molar-refractivity contribution < 1.29 is 18.3 Å². The minimum absolute atomic E-state index is 0.00331. The molecule has 2 fully saturated rings. The average molecular weight is 562 g/mol. The number of aliphatic hydroxyl groups is 1. The number of anilines is 2. The molecule has 2 aliphatic rings. The fraction of sp³-hybridized carbons (Fsp3) is 0.480. The molecule has 3 atom stereocenters. The van der Waals surface area contributed by atoms with Crippen molar-refractivity contribution in [3.8, 4) is 0 Å². The third kappa shape index (κ3) is 5.31. The quantitative estimate of drug-likeness (QED) is 0.415. The Labute approximate surface area is 226 Å². The first kappa shape index (κ1) is 26.7. The molecule has 204 valence electrons. The van der Waals surface area contributed by atoms with Gasteiger partial charge in [0.2, 0.25) is 10.0 Å². The maximum atomic E-state index is 13.8. The summed E-state index contributed by atoms with van der Waals surface area (Å²) in [7, 11) is -3.60. The predicted octanol–water partition coefficient (Wildman–Crippen LogP) is 2.33. The van der Waals surface area contributed by atoms with Crippen LogP contribution in [0.2, 0.25) is 5.02 Å². The van der Waals surface area contributed by atoms with E-state index < -0.39 is 10.0 Å². The number of halogens is 1. The van der Waals surface area contributed by atoms with Gasteiger partial charge in [0.05, 0.1) is 41.9 Å². The Morgan fingerprint density at radius 3 is 2.82 bits per heavy atom. The molecule has 1 amide bonds. The Bertz CT molecular complexity index is 1480. The molecule has 0 radical (unpaired) electrons. The van der Waals surface area contributed by atoms with Crippen molar-refractivity contribution in [2.24, 2.45) is 5.73 Å². The normalized spacial score (nSPS) is 22.3. The molecular weight excluding hydrogens is 530 g/mol. The van der Waals surface area contributed by atoms with Crippen LogP contribution >= 0.6 is 11.6 Å². The minimum atomic E-state index is -3.60. The van der Waals surface area contributed by atoms with Gasteiger partial charge in [0.1, 0.15) is 5.82 Å². The number of aromatic nitrogens is 3. The van der Waals surface area contributed by atoms with Crippen LogP contribution < -0.4 is 15.4 Å². The number of amides is 1. The third-order valence-corrected chi connectivity index (χ3v) is 7.99. The molecule has 3 aromatic rings. The van der Waals surface area contributed by atoms with Crippen LogP contribution in [0.3, 0.4) is 0 Å². The summed E-state index contributed by atoms with van der Waals surface area (Å²) in [5, 5.41) is 15.0.